The summed E-state index contributed by atoms with van der Waals surface area (Å²) in [5, 5.41) is 12.1. The number of thiazole rings is 1. The summed E-state index contributed by atoms with van der Waals surface area (Å²) in [5.41, 5.74) is 1.65. The Labute approximate surface area is 98.7 Å². The van der Waals surface area contributed by atoms with Gasteiger partial charge in [0.1, 0.15) is 4.88 Å². The van der Waals surface area contributed by atoms with Gasteiger partial charge in [0, 0.05) is 13.2 Å². The lowest BCUT2D eigenvalue weighted by Crippen LogP contribution is -2.31. The van der Waals surface area contributed by atoms with Gasteiger partial charge in [-0.25, -0.2) is 0 Å². The van der Waals surface area contributed by atoms with Gasteiger partial charge in [0.2, 0.25) is 0 Å². The Morgan fingerprint density at radius 3 is 3.06 bits per heavy atom. The molecule has 1 fully saturated rings. The Kier molecular flexibility index (Phi) is 3.90. The monoisotopic (exact) mass is 240 g/mol. The molecule has 1 saturated carbocycles. The third-order valence-electron chi connectivity index (χ3n) is 3.23. The maximum Gasteiger partial charge on any atom is 0.263 e. The van der Waals surface area contributed by atoms with E-state index in [1.807, 2.05) is 0 Å². The van der Waals surface area contributed by atoms with Crippen LogP contribution in [0.4, 0.5) is 0 Å². The van der Waals surface area contributed by atoms with Crippen molar-refractivity contribution in [2.75, 3.05) is 13.2 Å². The molecule has 1 amide bonds. The lowest BCUT2D eigenvalue weighted by atomic mass is 9.97. The molecule has 1 aliphatic carbocycles. The molecule has 0 saturated heterocycles. The molecule has 0 aliphatic heterocycles. The molecule has 88 valence electrons. The van der Waals surface area contributed by atoms with Crippen LogP contribution in [0.5, 0.6) is 0 Å². The van der Waals surface area contributed by atoms with Crippen molar-refractivity contribution < 1.29 is 9.90 Å². The van der Waals surface area contributed by atoms with Crippen LogP contribution < -0.4 is 5.32 Å². The number of aromatic nitrogens is 1. The number of nitrogens with one attached hydrogen (secondary N) is 1. The molecule has 0 spiro atoms. The average molecular weight is 240 g/mol. The summed E-state index contributed by atoms with van der Waals surface area (Å²) in [4.78, 5) is 16.2. The predicted molar refractivity (Wildman–Crippen MR) is 62.4 cm³/mol. The number of carbonyl (C=O) groups is 1. The summed E-state index contributed by atoms with van der Waals surface area (Å²) in [6, 6.07) is 0. The number of aliphatic hydroxyl groups excluding tert-OH is 1. The number of nitrogens with zero attached hydrogens (tertiary/aromatic N) is 1. The van der Waals surface area contributed by atoms with Crippen molar-refractivity contribution in [3.05, 3.63) is 16.6 Å². The molecule has 2 rings (SSSR count). The molecule has 1 heterocycles. The quantitative estimate of drug-likeness (QED) is 0.833. The summed E-state index contributed by atoms with van der Waals surface area (Å²) >= 11 is 1.35. The molecular formula is C11H16N2O2S. The van der Waals surface area contributed by atoms with Crippen molar-refractivity contribution in [2.45, 2.75) is 19.3 Å². The zero-order valence-electron chi connectivity index (χ0n) is 9.06. The molecule has 0 radical (unpaired) electrons. The normalized spacial score (nSPS) is 24.6. The fraction of sp³-hybridized carbons (Fsp3) is 0.636. The van der Waals surface area contributed by atoms with Crippen LogP contribution in [0.2, 0.25) is 0 Å². The molecule has 5 heteroatoms. The zero-order valence-corrected chi connectivity index (χ0v) is 9.87. The van der Waals surface area contributed by atoms with Crippen molar-refractivity contribution in [2.24, 2.45) is 11.8 Å². The highest BCUT2D eigenvalue weighted by Crippen LogP contribution is 2.30. The summed E-state index contributed by atoms with van der Waals surface area (Å²) < 4.78 is 0. The second kappa shape index (κ2) is 5.41. The lowest BCUT2D eigenvalue weighted by molar-refractivity contribution is 0.0941. The summed E-state index contributed by atoms with van der Waals surface area (Å²) in [7, 11) is 0. The van der Waals surface area contributed by atoms with Crippen molar-refractivity contribution in [3.8, 4) is 0 Å². The van der Waals surface area contributed by atoms with Gasteiger partial charge in [0.15, 0.2) is 0 Å². The molecular weight excluding hydrogens is 224 g/mol. The van der Waals surface area contributed by atoms with Crippen molar-refractivity contribution in [3.63, 3.8) is 0 Å². The molecule has 2 atom stereocenters. The average Bonchev–Trinajstić information content (AvgIpc) is 2.96. The van der Waals surface area contributed by atoms with Gasteiger partial charge in [-0.05, 0) is 24.7 Å². The number of rotatable bonds is 4. The van der Waals surface area contributed by atoms with E-state index in [1.165, 1.54) is 11.3 Å². The standard InChI is InChI=1S/C11H16N2O2S/c14-6-9-3-1-2-8(9)4-13-11(15)10-5-12-7-16-10/h5,7-9,14H,1-4,6H2,(H,13,15). The molecule has 0 bridgehead atoms. The Bertz CT molecular complexity index is 340. The Hall–Kier alpha value is -0.940. The molecule has 16 heavy (non-hydrogen) atoms. The van der Waals surface area contributed by atoms with Crippen molar-refractivity contribution in [1.82, 2.24) is 10.3 Å². The number of carbonyl (C=O) groups excluding carboxylic acids is 1. The number of hydrogen-bond donors (Lipinski definition) is 2. The van der Waals surface area contributed by atoms with Crippen LogP contribution in [-0.2, 0) is 0 Å². The SMILES string of the molecule is O=C(NCC1CCCC1CO)c1cncs1. The predicted octanol–water partition coefficient (Wildman–Crippen LogP) is 1.28. The molecule has 1 aromatic heterocycles. The Morgan fingerprint density at radius 1 is 1.56 bits per heavy atom. The van der Waals surface area contributed by atoms with Crippen LogP contribution in [0.15, 0.2) is 11.7 Å². The van der Waals surface area contributed by atoms with E-state index in [4.69, 9.17) is 5.11 Å². The highest BCUT2D eigenvalue weighted by Gasteiger charge is 2.26. The van der Waals surface area contributed by atoms with Crippen molar-refractivity contribution in [1.29, 1.82) is 0 Å². The van der Waals surface area contributed by atoms with Gasteiger partial charge >= 0.3 is 0 Å². The van der Waals surface area contributed by atoms with E-state index in [1.54, 1.807) is 11.7 Å². The van der Waals surface area contributed by atoms with Crippen LogP contribution in [0.1, 0.15) is 28.9 Å². The van der Waals surface area contributed by atoms with E-state index >= 15 is 0 Å². The van der Waals surface area contributed by atoms with Gasteiger partial charge in [-0.15, -0.1) is 11.3 Å². The Balaban J connectivity index is 1.81. The molecule has 0 aromatic carbocycles. The van der Waals surface area contributed by atoms with E-state index in [2.05, 4.69) is 10.3 Å². The first kappa shape index (κ1) is 11.5. The molecule has 4 nitrogen and oxygen atoms in total. The number of aliphatic hydroxyl groups is 1. The maximum atomic E-state index is 11.7. The fourth-order valence-corrected chi connectivity index (χ4v) is 2.80. The fourth-order valence-electron chi connectivity index (χ4n) is 2.26. The van der Waals surface area contributed by atoms with E-state index in [0.717, 1.165) is 19.3 Å². The van der Waals surface area contributed by atoms with E-state index in [9.17, 15) is 4.79 Å². The van der Waals surface area contributed by atoms with Gasteiger partial charge in [0.05, 0.1) is 11.7 Å². The van der Waals surface area contributed by atoms with Gasteiger partial charge in [-0.2, -0.15) is 0 Å². The highest BCUT2D eigenvalue weighted by atomic mass is 32.1. The first-order valence-corrected chi connectivity index (χ1v) is 6.46. The number of amides is 1. The minimum absolute atomic E-state index is 0.0499. The summed E-state index contributed by atoms with van der Waals surface area (Å²) in [6.45, 7) is 0.906. The van der Waals surface area contributed by atoms with Crippen LogP contribution in [0.3, 0.4) is 0 Å². The summed E-state index contributed by atoms with van der Waals surface area (Å²) in [5.74, 6) is 0.745. The smallest absolute Gasteiger partial charge is 0.263 e. The lowest BCUT2D eigenvalue weighted by Gasteiger charge is -2.17. The van der Waals surface area contributed by atoms with Crippen LogP contribution in [0, 0.1) is 11.8 Å². The summed E-state index contributed by atoms with van der Waals surface area (Å²) in [6.07, 6.45) is 4.93. The van der Waals surface area contributed by atoms with Crippen LogP contribution >= 0.6 is 11.3 Å². The third kappa shape index (κ3) is 2.59. The zero-order chi connectivity index (χ0) is 11.4. The molecule has 1 aromatic rings. The van der Waals surface area contributed by atoms with Crippen LogP contribution in [0.25, 0.3) is 0 Å². The molecule has 2 unspecified atom stereocenters. The third-order valence-corrected chi connectivity index (χ3v) is 4.00. The second-order valence-corrected chi connectivity index (χ2v) is 5.10. The number of hydrogen-bond acceptors (Lipinski definition) is 4. The highest BCUT2D eigenvalue weighted by molar-refractivity contribution is 7.11. The van der Waals surface area contributed by atoms with Crippen LogP contribution in [-0.4, -0.2) is 29.1 Å². The first-order chi connectivity index (χ1) is 7.81. The van der Waals surface area contributed by atoms with Gasteiger partial charge in [-0.3, -0.25) is 9.78 Å². The maximum absolute atomic E-state index is 11.7. The first-order valence-electron chi connectivity index (χ1n) is 5.59. The van der Waals surface area contributed by atoms with Gasteiger partial charge in [-0.1, -0.05) is 6.42 Å². The minimum Gasteiger partial charge on any atom is -0.396 e. The topological polar surface area (TPSA) is 62.2 Å². The molecule has 2 N–H and O–H groups in total. The van der Waals surface area contributed by atoms with E-state index < -0.39 is 0 Å². The molecule has 1 aliphatic rings. The van der Waals surface area contributed by atoms with Gasteiger partial charge in [0.25, 0.3) is 5.91 Å². The van der Waals surface area contributed by atoms with E-state index in [0.29, 0.717) is 23.3 Å². The van der Waals surface area contributed by atoms with E-state index in [-0.39, 0.29) is 12.5 Å². The minimum atomic E-state index is -0.0499. The second-order valence-electron chi connectivity index (χ2n) is 4.21. The van der Waals surface area contributed by atoms with Gasteiger partial charge < -0.3 is 10.4 Å². The largest absolute Gasteiger partial charge is 0.396 e. The Morgan fingerprint density at radius 2 is 2.38 bits per heavy atom. The van der Waals surface area contributed by atoms with Crippen molar-refractivity contribution >= 4 is 17.2 Å².